The van der Waals surface area contributed by atoms with Gasteiger partial charge in [-0.2, -0.15) is 0 Å². The van der Waals surface area contributed by atoms with Crippen LogP contribution in [0.2, 0.25) is 0 Å². The Morgan fingerprint density at radius 2 is 2.41 bits per heavy atom. The minimum absolute atomic E-state index is 0.249. The number of aromatic nitrogens is 2. The predicted octanol–water partition coefficient (Wildman–Crippen LogP) is 0.733. The molecule has 0 aliphatic carbocycles. The second-order valence-electron chi connectivity index (χ2n) is 4.12. The van der Waals surface area contributed by atoms with Crippen LogP contribution in [-0.2, 0) is 0 Å². The second-order valence-corrected chi connectivity index (χ2v) is 4.91. The van der Waals surface area contributed by atoms with Crippen LogP contribution in [0.1, 0.15) is 12.8 Å². The summed E-state index contributed by atoms with van der Waals surface area (Å²) in [5.41, 5.74) is 2.53. The molecule has 0 aromatic carbocycles. The van der Waals surface area contributed by atoms with Crippen molar-refractivity contribution in [3.05, 3.63) is 10.8 Å². The van der Waals surface area contributed by atoms with Crippen molar-refractivity contribution in [3.8, 4) is 0 Å². The Morgan fingerprint density at radius 1 is 1.59 bits per heavy atom. The summed E-state index contributed by atoms with van der Waals surface area (Å²) in [5, 5.41) is 8.94. The summed E-state index contributed by atoms with van der Waals surface area (Å²) >= 11 is 3.45. The van der Waals surface area contributed by atoms with Gasteiger partial charge in [-0.3, -0.25) is 0 Å². The molecule has 0 radical (unpaired) electrons. The number of nitrogens with one attached hydrogen (secondary N) is 1. The van der Waals surface area contributed by atoms with Crippen LogP contribution in [0, 0.1) is 5.92 Å². The van der Waals surface area contributed by atoms with Gasteiger partial charge in [0.15, 0.2) is 5.82 Å². The number of anilines is 2. The van der Waals surface area contributed by atoms with Crippen molar-refractivity contribution in [2.75, 3.05) is 30.0 Å². The Hall–Kier alpha value is -0.920. The lowest BCUT2D eigenvalue weighted by atomic mass is 10.1. The summed E-state index contributed by atoms with van der Waals surface area (Å²) < 4.78 is 0.784. The highest BCUT2D eigenvalue weighted by Crippen LogP contribution is 2.32. The first-order chi connectivity index (χ1) is 8.26. The Bertz CT molecular complexity index is 389. The van der Waals surface area contributed by atoms with E-state index in [9.17, 15) is 0 Å². The summed E-state index contributed by atoms with van der Waals surface area (Å²) in [7, 11) is 0. The molecule has 1 aliphatic rings. The van der Waals surface area contributed by atoms with E-state index in [2.05, 4.69) is 36.2 Å². The zero-order valence-corrected chi connectivity index (χ0v) is 11.0. The van der Waals surface area contributed by atoms with Crippen LogP contribution in [0.15, 0.2) is 10.8 Å². The van der Waals surface area contributed by atoms with Gasteiger partial charge in [0.2, 0.25) is 0 Å². The molecule has 7 heteroatoms. The summed E-state index contributed by atoms with van der Waals surface area (Å²) in [6, 6.07) is 0. The Labute approximate surface area is 108 Å². The number of nitrogen functional groups attached to an aromatic ring is 1. The van der Waals surface area contributed by atoms with Crippen LogP contribution >= 0.6 is 15.9 Å². The third kappa shape index (κ3) is 2.67. The van der Waals surface area contributed by atoms with Crippen molar-refractivity contribution >= 4 is 27.6 Å². The van der Waals surface area contributed by atoms with Gasteiger partial charge in [0, 0.05) is 19.7 Å². The molecule has 1 aromatic heterocycles. The Kier molecular flexibility index (Phi) is 4.14. The fourth-order valence-electron chi connectivity index (χ4n) is 2.12. The van der Waals surface area contributed by atoms with Crippen LogP contribution in [0.4, 0.5) is 11.6 Å². The van der Waals surface area contributed by atoms with Crippen molar-refractivity contribution in [2.45, 2.75) is 12.8 Å². The summed E-state index contributed by atoms with van der Waals surface area (Å²) in [6.45, 7) is 2.11. The van der Waals surface area contributed by atoms with Gasteiger partial charge in [0.1, 0.15) is 16.6 Å². The third-order valence-electron chi connectivity index (χ3n) is 3.03. The van der Waals surface area contributed by atoms with E-state index in [4.69, 9.17) is 10.9 Å². The van der Waals surface area contributed by atoms with E-state index in [0.717, 1.165) is 36.2 Å². The van der Waals surface area contributed by atoms with E-state index in [1.165, 1.54) is 6.33 Å². The van der Waals surface area contributed by atoms with E-state index in [1.54, 1.807) is 0 Å². The maximum atomic E-state index is 8.94. The van der Waals surface area contributed by atoms with E-state index >= 15 is 0 Å². The van der Waals surface area contributed by atoms with E-state index in [0.29, 0.717) is 11.7 Å². The molecule has 2 heterocycles. The number of hydrogen-bond donors (Lipinski definition) is 3. The molecular formula is C10H16BrN5O. The van der Waals surface area contributed by atoms with Crippen molar-refractivity contribution in [1.29, 1.82) is 0 Å². The third-order valence-corrected chi connectivity index (χ3v) is 3.76. The number of halogens is 1. The van der Waals surface area contributed by atoms with Gasteiger partial charge >= 0.3 is 0 Å². The fourth-order valence-corrected chi connectivity index (χ4v) is 2.69. The minimum atomic E-state index is 0.249. The van der Waals surface area contributed by atoms with E-state index in [1.807, 2.05) is 0 Å². The molecule has 6 nitrogen and oxygen atoms in total. The van der Waals surface area contributed by atoms with Gasteiger partial charge in [-0.05, 0) is 34.7 Å². The number of nitrogens with zero attached hydrogens (tertiary/aromatic N) is 3. The average molecular weight is 302 g/mol. The van der Waals surface area contributed by atoms with Crippen molar-refractivity contribution < 1.29 is 5.11 Å². The minimum Gasteiger partial charge on any atom is -0.396 e. The molecule has 0 amide bonds. The van der Waals surface area contributed by atoms with Crippen LogP contribution in [-0.4, -0.2) is 34.8 Å². The average Bonchev–Trinajstić information content (AvgIpc) is 2.78. The number of aliphatic hydroxyl groups is 1. The molecule has 2 rings (SSSR count). The molecule has 1 unspecified atom stereocenters. The second kappa shape index (κ2) is 5.61. The Balaban J connectivity index is 2.13. The number of hydrazine groups is 1. The van der Waals surface area contributed by atoms with Crippen molar-refractivity contribution in [3.63, 3.8) is 0 Å². The SMILES string of the molecule is NNc1ncnc(N2CCC(CCO)C2)c1Br. The van der Waals surface area contributed by atoms with E-state index in [-0.39, 0.29) is 6.61 Å². The zero-order valence-electron chi connectivity index (χ0n) is 9.43. The maximum absolute atomic E-state index is 8.94. The number of nitrogens with two attached hydrogens (primary N) is 1. The zero-order chi connectivity index (χ0) is 12.3. The van der Waals surface area contributed by atoms with E-state index < -0.39 is 0 Å². The lowest BCUT2D eigenvalue weighted by Gasteiger charge is -2.19. The molecule has 4 N–H and O–H groups in total. The summed E-state index contributed by atoms with van der Waals surface area (Å²) in [5.74, 6) is 7.35. The van der Waals surface area contributed by atoms with Gasteiger partial charge in [-0.15, -0.1) is 0 Å². The quantitative estimate of drug-likeness (QED) is 0.561. The molecule has 0 spiro atoms. The molecule has 1 saturated heterocycles. The normalized spacial score (nSPS) is 19.7. The molecule has 17 heavy (non-hydrogen) atoms. The summed E-state index contributed by atoms with van der Waals surface area (Å²) in [6.07, 6.45) is 3.43. The van der Waals surface area contributed by atoms with Gasteiger partial charge in [0.05, 0.1) is 0 Å². The highest BCUT2D eigenvalue weighted by molar-refractivity contribution is 9.10. The molecule has 1 aromatic rings. The maximum Gasteiger partial charge on any atom is 0.159 e. The molecule has 94 valence electrons. The highest BCUT2D eigenvalue weighted by atomic mass is 79.9. The van der Waals surface area contributed by atoms with Gasteiger partial charge in [-0.1, -0.05) is 0 Å². The van der Waals surface area contributed by atoms with Crippen LogP contribution in [0.3, 0.4) is 0 Å². The lowest BCUT2D eigenvalue weighted by molar-refractivity contribution is 0.263. The number of rotatable bonds is 4. The van der Waals surface area contributed by atoms with Crippen molar-refractivity contribution in [1.82, 2.24) is 9.97 Å². The van der Waals surface area contributed by atoms with Crippen molar-refractivity contribution in [2.24, 2.45) is 11.8 Å². The van der Waals surface area contributed by atoms with Crippen LogP contribution < -0.4 is 16.2 Å². The first kappa shape index (κ1) is 12.5. The Morgan fingerprint density at radius 3 is 3.12 bits per heavy atom. The van der Waals surface area contributed by atoms with Gasteiger partial charge in [0.25, 0.3) is 0 Å². The fraction of sp³-hybridized carbons (Fsp3) is 0.600. The standard InChI is InChI=1S/C10H16BrN5O/c11-8-9(15-12)13-6-14-10(8)16-3-1-7(5-16)2-4-17/h6-7,17H,1-5,12H2,(H,13,14,15). The van der Waals surface area contributed by atoms with Gasteiger partial charge in [-0.25, -0.2) is 15.8 Å². The number of hydrogen-bond acceptors (Lipinski definition) is 6. The monoisotopic (exact) mass is 301 g/mol. The smallest absolute Gasteiger partial charge is 0.159 e. The van der Waals surface area contributed by atoms with Gasteiger partial charge < -0.3 is 15.4 Å². The largest absolute Gasteiger partial charge is 0.396 e. The highest BCUT2D eigenvalue weighted by Gasteiger charge is 2.25. The molecule has 1 atom stereocenters. The molecule has 1 fully saturated rings. The topological polar surface area (TPSA) is 87.3 Å². The van der Waals surface area contributed by atoms with Crippen LogP contribution in [0.25, 0.3) is 0 Å². The predicted molar refractivity (Wildman–Crippen MR) is 69.6 cm³/mol. The molecular weight excluding hydrogens is 286 g/mol. The molecule has 0 bridgehead atoms. The summed E-state index contributed by atoms with van der Waals surface area (Å²) in [4.78, 5) is 10.5. The molecule has 0 saturated carbocycles. The first-order valence-corrected chi connectivity index (χ1v) is 6.38. The first-order valence-electron chi connectivity index (χ1n) is 5.59. The number of aliphatic hydroxyl groups excluding tert-OH is 1. The lowest BCUT2D eigenvalue weighted by Crippen LogP contribution is -2.22. The molecule has 1 aliphatic heterocycles. The van der Waals surface area contributed by atoms with Crippen LogP contribution in [0.5, 0.6) is 0 Å².